The van der Waals surface area contributed by atoms with Gasteiger partial charge in [0, 0.05) is 12.5 Å². The Morgan fingerprint density at radius 1 is 0.913 bits per heavy atom. The SMILES string of the molecule is CC(C)=C(C)c1c(O)cc(O)c(C(=O)Cc2ccccc2)c1O. The molecule has 2 aromatic carbocycles. The molecule has 2 aromatic rings. The van der Waals surface area contributed by atoms with E-state index in [0.29, 0.717) is 5.57 Å². The van der Waals surface area contributed by atoms with Gasteiger partial charge in [-0.3, -0.25) is 4.79 Å². The number of carbonyl (C=O) groups excluding carboxylic acids is 1. The maximum absolute atomic E-state index is 12.5. The van der Waals surface area contributed by atoms with Crippen molar-refractivity contribution in [1.29, 1.82) is 0 Å². The molecule has 0 unspecified atom stereocenters. The summed E-state index contributed by atoms with van der Waals surface area (Å²) < 4.78 is 0. The van der Waals surface area contributed by atoms with E-state index in [2.05, 4.69) is 0 Å². The second-order valence-corrected chi connectivity index (χ2v) is 5.72. The molecular weight excluding hydrogens is 292 g/mol. The topological polar surface area (TPSA) is 77.8 Å². The molecule has 0 saturated heterocycles. The highest BCUT2D eigenvalue weighted by atomic mass is 16.3. The largest absolute Gasteiger partial charge is 0.507 e. The fourth-order valence-electron chi connectivity index (χ4n) is 2.41. The first-order valence-corrected chi connectivity index (χ1v) is 7.32. The quantitative estimate of drug-likeness (QED) is 0.744. The Hall–Kier alpha value is -2.75. The average molecular weight is 312 g/mol. The van der Waals surface area contributed by atoms with Gasteiger partial charge in [0.25, 0.3) is 0 Å². The van der Waals surface area contributed by atoms with E-state index in [4.69, 9.17) is 0 Å². The number of rotatable bonds is 4. The number of aromatic hydroxyl groups is 3. The first-order valence-electron chi connectivity index (χ1n) is 7.32. The molecule has 4 nitrogen and oxygen atoms in total. The van der Waals surface area contributed by atoms with Crippen LogP contribution in [-0.2, 0) is 6.42 Å². The Kier molecular flexibility index (Phi) is 4.74. The molecule has 3 N–H and O–H groups in total. The van der Waals surface area contributed by atoms with Gasteiger partial charge >= 0.3 is 0 Å². The van der Waals surface area contributed by atoms with Crippen molar-refractivity contribution in [3.05, 3.63) is 58.7 Å². The molecule has 23 heavy (non-hydrogen) atoms. The summed E-state index contributed by atoms with van der Waals surface area (Å²) >= 11 is 0. The molecule has 120 valence electrons. The van der Waals surface area contributed by atoms with Crippen LogP contribution in [0.2, 0.25) is 0 Å². The van der Waals surface area contributed by atoms with E-state index in [9.17, 15) is 20.1 Å². The zero-order valence-electron chi connectivity index (χ0n) is 13.4. The van der Waals surface area contributed by atoms with Crippen molar-refractivity contribution in [2.24, 2.45) is 0 Å². The van der Waals surface area contributed by atoms with Crippen molar-refractivity contribution in [3.8, 4) is 17.2 Å². The zero-order chi connectivity index (χ0) is 17.1. The predicted molar refractivity (Wildman–Crippen MR) is 89.9 cm³/mol. The van der Waals surface area contributed by atoms with Gasteiger partial charge in [0.2, 0.25) is 0 Å². The molecule has 0 heterocycles. The monoisotopic (exact) mass is 312 g/mol. The van der Waals surface area contributed by atoms with Gasteiger partial charge in [0.15, 0.2) is 5.78 Å². The Bertz CT molecular complexity index is 770. The molecule has 0 bridgehead atoms. The molecular formula is C19H20O4. The molecule has 0 atom stereocenters. The predicted octanol–water partition coefficient (Wildman–Crippen LogP) is 4.04. The number of benzene rings is 2. The molecule has 2 rings (SSSR count). The number of phenols is 3. The van der Waals surface area contributed by atoms with E-state index in [0.717, 1.165) is 17.2 Å². The minimum atomic E-state index is -0.425. The number of Topliss-reactive ketones (excluding diaryl/α,β-unsaturated/α-hetero) is 1. The van der Waals surface area contributed by atoms with Gasteiger partial charge in [-0.25, -0.2) is 0 Å². The smallest absolute Gasteiger partial charge is 0.174 e. The van der Waals surface area contributed by atoms with Crippen molar-refractivity contribution < 1.29 is 20.1 Å². The van der Waals surface area contributed by atoms with Gasteiger partial charge in [-0.2, -0.15) is 0 Å². The molecule has 0 radical (unpaired) electrons. The maximum atomic E-state index is 12.5. The van der Waals surface area contributed by atoms with Crippen LogP contribution in [0, 0.1) is 0 Å². The zero-order valence-corrected chi connectivity index (χ0v) is 13.4. The van der Waals surface area contributed by atoms with Crippen molar-refractivity contribution >= 4 is 11.4 Å². The number of phenolic OH excluding ortho intramolecular Hbond substituents is 3. The summed E-state index contributed by atoms with van der Waals surface area (Å²) in [5, 5.41) is 30.5. The molecule has 0 saturated carbocycles. The molecule has 0 fully saturated rings. The van der Waals surface area contributed by atoms with E-state index in [1.165, 1.54) is 0 Å². The number of ketones is 1. The third-order valence-electron chi connectivity index (χ3n) is 3.87. The molecule has 0 aliphatic rings. The van der Waals surface area contributed by atoms with Gasteiger partial charge < -0.3 is 15.3 Å². The summed E-state index contributed by atoms with van der Waals surface area (Å²) in [5.74, 6) is -1.47. The second kappa shape index (κ2) is 6.57. The first kappa shape index (κ1) is 16.6. The van der Waals surface area contributed by atoms with Crippen molar-refractivity contribution in [1.82, 2.24) is 0 Å². The first-order chi connectivity index (χ1) is 10.8. The van der Waals surface area contributed by atoms with Crippen LogP contribution < -0.4 is 0 Å². The minimum absolute atomic E-state index is 0.0556. The van der Waals surface area contributed by atoms with Crippen LogP contribution in [0.15, 0.2) is 42.0 Å². The van der Waals surface area contributed by atoms with Crippen LogP contribution >= 0.6 is 0 Å². The van der Waals surface area contributed by atoms with E-state index >= 15 is 0 Å². The Morgan fingerprint density at radius 2 is 1.48 bits per heavy atom. The summed E-state index contributed by atoms with van der Waals surface area (Å²) in [5.41, 5.74) is 2.35. The summed E-state index contributed by atoms with van der Waals surface area (Å²) in [6, 6.07) is 10.2. The summed E-state index contributed by atoms with van der Waals surface area (Å²) in [6.07, 6.45) is 0.0556. The Labute approximate surface area is 135 Å². The Morgan fingerprint density at radius 3 is 2.04 bits per heavy atom. The normalized spacial score (nSPS) is 10.4. The van der Waals surface area contributed by atoms with E-state index < -0.39 is 11.5 Å². The standard InChI is InChI=1S/C19H20O4/c1-11(2)12(3)17-15(21)10-16(22)18(19(17)23)14(20)9-13-7-5-4-6-8-13/h4-8,10,21-23H,9H2,1-3H3. The lowest BCUT2D eigenvalue weighted by Crippen LogP contribution is -2.05. The molecule has 0 spiro atoms. The van der Waals surface area contributed by atoms with E-state index in [1.54, 1.807) is 19.1 Å². The number of hydrogen-bond acceptors (Lipinski definition) is 4. The van der Waals surface area contributed by atoms with Crippen LogP contribution in [0.4, 0.5) is 0 Å². The lowest BCUT2D eigenvalue weighted by Gasteiger charge is -2.14. The Balaban J connectivity index is 2.53. The number of hydrogen-bond donors (Lipinski definition) is 3. The van der Waals surface area contributed by atoms with E-state index in [1.807, 2.05) is 32.0 Å². The fraction of sp³-hybridized carbons (Fsp3) is 0.211. The van der Waals surface area contributed by atoms with Gasteiger partial charge in [-0.15, -0.1) is 0 Å². The third kappa shape index (κ3) is 3.37. The highest BCUT2D eigenvalue weighted by molar-refractivity contribution is 6.04. The van der Waals surface area contributed by atoms with Crippen LogP contribution in [0.5, 0.6) is 17.2 Å². The highest BCUT2D eigenvalue weighted by Gasteiger charge is 2.23. The van der Waals surface area contributed by atoms with Gasteiger partial charge in [-0.05, 0) is 31.9 Å². The number of allylic oxidation sites excluding steroid dienone is 2. The summed E-state index contributed by atoms with van der Waals surface area (Å²) in [4.78, 5) is 12.5. The van der Waals surface area contributed by atoms with Crippen LogP contribution in [0.25, 0.3) is 5.57 Å². The van der Waals surface area contributed by atoms with Crippen molar-refractivity contribution in [3.63, 3.8) is 0 Å². The maximum Gasteiger partial charge on any atom is 0.174 e. The second-order valence-electron chi connectivity index (χ2n) is 5.72. The van der Waals surface area contributed by atoms with Crippen LogP contribution in [-0.4, -0.2) is 21.1 Å². The van der Waals surface area contributed by atoms with Crippen LogP contribution in [0.3, 0.4) is 0 Å². The minimum Gasteiger partial charge on any atom is -0.507 e. The van der Waals surface area contributed by atoms with Gasteiger partial charge in [-0.1, -0.05) is 35.9 Å². The van der Waals surface area contributed by atoms with Crippen LogP contribution in [0.1, 0.15) is 42.3 Å². The molecule has 0 aliphatic carbocycles. The van der Waals surface area contributed by atoms with E-state index in [-0.39, 0.29) is 29.0 Å². The molecule has 4 heteroatoms. The van der Waals surface area contributed by atoms with Gasteiger partial charge in [0.1, 0.15) is 22.8 Å². The fourth-order valence-corrected chi connectivity index (χ4v) is 2.41. The molecule has 0 amide bonds. The van der Waals surface area contributed by atoms with Crippen molar-refractivity contribution in [2.45, 2.75) is 27.2 Å². The highest BCUT2D eigenvalue weighted by Crippen LogP contribution is 2.42. The summed E-state index contributed by atoms with van der Waals surface area (Å²) in [7, 11) is 0. The molecule has 0 aromatic heterocycles. The lowest BCUT2D eigenvalue weighted by molar-refractivity contribution is 0.0987. The number of carbonyl (C=O) groups is 1. The molecule has 0 aliphatic heterocycles. The lowest BCUT2D eigenvalue weighted by atomic mass is 9.94. The summed E-state index contributed by atoms with van der Waals surface area (Å²) in [6.45, 7) is 5.42. The average Bonchev–Trinajstić information content (AvgIpc) is 2.47. The third-order valence-corrected chi connectivity index (χ3v) is 3.87. The van der Waals surface area contributed by atoms with Gasteiger partial charge in [0.05, 0.1) is 5.56 Å². The van der Waals surface area contributed by atoms with Crippen molar-refractivity contribution in [2.75, 3.05) is 0 Å².